The van der Waals surface area contributed by atoms with Crippen molar-refractivity contribution in [2.24, 2.45) is 17.8 Å². The molecule has 0 atom stereocenters. The summed E-state index contributed by atoms with van der Waals surface area (Å²) in [4.78, 5) is 11.9. The Bertz CT molecular complexity index is 581. The van der Waals surface area contributed by atoms with Gasteiger partial charge in [-0.25, -0.2) is 0 Å². The van der Waals surface area contributed by atoms with Crippen molar-refractivity contribution in [1.82, 2.24) is 0 Å². The van der Waals surface area contributed by atoms with Crippen molar-refractivity contribution < 1.29 is 4.79 Å². The molecule has 1 heteroatoms. The summed E-state index contributed by atoms with van der Waals surface area (Å²) in [5.74, 6) is 3.48. The number of carbonyl (C=O) groups excluding carboxylic acids is 1. The summed E-state index contributed by atoms with van der Waals surface area (Å²) < 4.78 is 0. The van der Waals surface area contributed by atoms with Gasteiger partial charge < -0.3 is 0 Å². The molecule has 0 aliphatic heterocycles. The fourth-order valence-electron chi connectivity index (χ4n) is 4.72. The van der Waals surface area contributed by atoms with Crippen LogP contribution in [-0.2, 0) is 4.79 Å². The Kier molecular flexibility index (Phi) is 4.87. The summed E-state index contributed by atoms with van der Waals surface area (Å²) in [6.45, 7) is 0. The maximum absolute atomic E-state index is 11.9. The molecule has 0 unspecified atom stereocenters. The van der Waals surface area contributed by atoms with Crippen LogP contribution in [0.15, 0.2) is 30.3 Å². The molecule has 0 saturated heterocycles. The molecule has 0 bridgehead atoms. The molecule has 4 rings (SSSR count). The molecule has 1 aromatic rings. The van der Waals surface area contributed by atoms with Crippen molar-refractivity contribution >= 4 is 11.9 Å². The number of ketones is 1. The molecule has 1 nitrogen and oxygen atoms in total. The van der Waals surface area contributed by atoms with Crippen LogP contribution >= 0.6 is 0 Å². The van der Waals surface area contributed by atoms with Crippen LogP contribution in [0, 0.1) is 17.8 Å². The Labute approximate surface area is 146 Å². The highest BCUT2D eigenvalue weighted by molar-refractivity contribution is 5.95. The first kappa shape index (κ1) is 16.1. The fourth-order valence-corrected chi connectivity index (χ4v) is 4.72. The average Bonchev–Trinajstić information content (AvgIpc) is 2.51. The van der Waals surface area contributed by atoms with Crippen molar-refractivity contribution in [2.45, 2.75) is 70.1 Å². The highest BCUT2D eigenvalue weighted by Gasteiger charge is 2.31. The molecule has 3 aliphatic rings. The molecule has 1 aromatic carbocycles. The normalized spacial score (nSPS) is 28.5. The highest BCUT2D eigenvalue weighted by Crippen LogP contribution is 2.44. The standard InChI is InChI=1S/C23H30O/c24-23(22-5-2-6-22)16-9-17-7-10-19(11-8-17)21-14-12-20(13-15-21)18-3-1-4-18/h7-11,16,18,20-22H,1-6,12-15H2/b16-9+. The second-order valence-electron chi connectivity index (χ2n) is 8.33. The van der Waals surface area contributed by atoms with Gasteiger partial charge in [0.2, 0.25) is 0 Å². The van der Waals surface area contributed by atoms with E-state index in [-0.39, 0.29) is 0 Å². The largest absolute Gasteiger partial charge is 0.295 e. The molecule has 0 N–H and O–H groups in total. The van der Waals surface area contributed by atoms with E-state index in [2.05, 4.69) is 24.3 Å². The van der Waals surface area contributed by atoms with Gasteiger partial charge in [0.05, 0.1) is 0 Å². The van der Waals surface area contributed by atoms with Gasteiger partial charge in [0, 0.05) is 5.92 Å². The van der Waals surface area contributed by atoms with Crippen LogP contribution in [0.5, 0.6) is 0 Å². The third-order valence-electron chi connectivity index (χ3n) is 6.94. The number of carbonyl (C=O) groups is 1. The molecular formula is C23H30O. The Morgan fingerprint density at radius 3 is 1.96 bits per heavy atom. The van der Waals surface area contributed by atoms with E-state index in [0.717, 1.165) is 36.2 Å². The fraction of sp³-hybridized carbons (Fsp3) is 0.609. The van der Waals surface area contributed by atoms with Crippen LogP contribution in [-0.4, -0.2) is 5.78 Å². The lowest BCUT2D eigenvalue weighted by atomic mass is 9.67. The molecule has 3 fully saturated rings. The summed E-state index contributed by atoms with van der Waals surface area (Å²) in [6, 6.07) is 8.97. The first-order valence-electron chi connectivity index (χ1n) is 10.1. The summed E-state index contributed by atoms with van der Waals surface area (Å²) in [5.41, 5.74) is 2.67. The molecule has 24 heavy (non-hydrogen) atoms. The van der Waals surface area contributed by atoms with Gasteiger partial charge in [0.15, 0.2) is 5.78 Å². The second-order valence-corrected chi connectivity index (χ2v) is 8.33. The van der Waals surface area contributed by atoms with E-state index in [9.17, 15) is 4.79 Å². The Morgan fingerprint density at radius 1 is 0.792 bits per heavy atom. The molecule has 0 radical (unpaired) electrons. The van der Waals surface area contributed by atoms with Crippen LogP contribution in [0.3, 0.4) is 0 Å². The van der Waals surface area contributed by atoms with Crippen molar-refractivity contribution in [3.63, 3.8) is 0 Å². The van der Waals surface area contributed by atoms with Gasteiger partial charge in [-0.2, -0.15) is 0 Å². The van der Waals surface area contributed by atoms with E-state index in [1.807, 2.05) is 6.08 Å². The third-order valence-corrected chi connectivity index (χ3v) is 6.94. The van der Waals surface area contributed by atoms with E-state index in [1.54, 1.807) is 6.08 Å². The predicted molar refractivity (Wildman–Crippen MR) is 99.9 cm³/mol. The third kappa shape index (κ3) is 3.50. The van der Waals surface area contributed by atoms with Gasteiger partial charge in [0.25, 0.3) is 0 Å². The molecule has 0 spiro atoms. The number of benzene rings is 1. The van der Waals surface area contributed by atoms with Crippen LogP contribution in [0.2, 0.25) is 0 Å². The summed E-state index contributed by atoms with van der Waals surface area (Å²) in [5, 5.41) is 0. The number of hydrogen-bond donors (Lipinski definition) is 0. The zero-order valence-electron chi connectivity index (χ0n) is 14.8. The topological polar surface area (TPSA) is 17.1 Å². The smallest absolute Gasteiger partial charge is 0.158 e. The Hall–Kier alpha value is -1.37. The molecule has 0 aromatic heterocycles. The van der Waals surface area contributed by atoms with Gasteiger partial charge in [-0.1, -0.05) is 56.0 Å². The van der Waals surface area contributed by atoms with Crippen molar-refractivity contribution in [3.05, 3.63) is 41.5 Å². The lowest BCUT2D eigenvalue weighted by Gasteiger charge is -2.38. The van der Waals surface area contributed by atoms with E-state index >= 15 is 0 Å². The monoisotopic (exact) mass is 322 g/mol. The molecule has 3 saturated carbocycles. The van der Waals surface area contributed by atoms with Gasteiger partial charge in [0.1, 0.15) is 0 Å². The Balaban J connectivity index is 1.30. The van der Waals surface area contributed by atoms with E-state index in [1.165, 1.54) is 56.9 Å². The zero-order valence-corrected chi connectivity index (χ0v) is 14.8. The van der Waals surface area contributed by atoms with E-state index in [0.29, 0.717) is 11.7 Å². The minimum Gasteiger partial charge on any atom is -0.295 e. The van der Waals surface area contributed by atoms with E-state index < -0.39 is 0 Å². The summed E-state index contributed by atoms with van der Waals surface area (Å²) in [6.07, 6.45) is 17.3. The maximum Gasteiger partial charge on any atom is 0.158 e. The SMILES string of the molecule is O=C(/C=C/c1ccc(C2CCC(C3CCC3)CC2)cc1)C1CCC1. The summed E-state index contributed by atoms with van der Waals surface area (Å²) >= 11 is 0. The van der Waals surface area contributed by atoms with Crippen LogP contribution in [0.4, 0.5) is 0 Å². The highest BCUT2D eigenvalue weighted by atomic mass is 16.1. The molecule has 128 valence electrons. The average molecular weight is 322 g/mol. The number of allylic oxidation sites excluding steroid dienone is 1. The molecule has 3 aliphatic carbocycles. The minimum absolute atomic E-state index is 0.311. The van der Waals surface area contributed by atoms with Gasteiger partial charge >= 0.3 is 0 Å². The van der Waals surface area contributed by atoms with Crippen LogP contribution < -0.4 is 0 Å². The quantitative estimate of drug-likeness (QED) is 0.595. The second kappa shape index (κ2) is 7.25. The van der Waals surface area contributed by atoms with Crippen molar-refractivity contribution in [2.75, 3.05) is 0 Å². The Morgan fingerprint density at radius 2 is 1.42 bits per heavy atom. The molecular weight excluding hydrogens is 292 g/mol. The van der Waals surface area contributed by atoms with Crippen molar-refractivity contribution in [3.8, 4) is 0 Å². The lowest BCUT2D eigenvalue weighted by molar-refractivity contribution is -0.120. The van der Waals surface area contributed by atoms with Crippen LogP contribution in [0.25, 0.3) is 6.08 Å². The van der Waals surface area contributed by atoms with Gasteiger partial charge in [-0.3, -0.25) is 4.79 Å². The van der Waals surface area contributed by atoms with Crippen LogP contribution in [0.1, 0.15) is 81.3 Å². The lowest BCUT2D eigenvalue weighted by Crippen LogP contribution is -2.25. The van der Waals surface area contributed by atoms with Gasteiger partial charge in [-0.05, 0) is 73.5 Å². The first-order valence-corrected chi connectivity index (χ1v) is 10.1. The zero-order chi connectivity index (χ0) is 16.4. The number of rotatable bonds is 5. The summed E-state index contributed by atoms with van der Waals surface area (Å²) in [7, 11) is 0. The maximum atomic E-state index is 11.9. The van der Waals surface area contributed by atoms with Gasteiger partial charge in [-0.15, -0.1) is 0 Å². The molecule has 0 heterocycles. The predicted octanol–water partition coefficient (Wildman–Crippen LogP) is 6.14. The molecule has 0 amide bonds. The minimum atomic E-state index is 0.311. The van der Waals surface area contributed by atoms with Crippen molar-refractivity contribution in [1.29, 1.82) is 0 Å². The van der Waals surface area contributed by atoms with E-state index in [4.69, 9.17) is 0 Å². The number of hydrogen-bond acceptors (Lipinski definition) is 1. The first-order chi connectivity index (χ1) is 11.8.